The molecule has 0 aromatic carbocycles. The van der Waals surface area contributed by atoms with Crippen molar-refractivity contribution in [2.75, 3.05) is 6.61 Å². The Morgan fingerprint density at radius 3 is 2.50 bits per heavy atom. The van der Waals surface area contributed by atoms with E-state index in [1.54, 1.807) is 0 Å². The van der Waals surface area contributed by atoms with E-state index in [0.29, 0.717) is 18.1 Å². The predicted octanol–water partition coefficient (Wildman–Crippen LogP) is 1.63. The van der Waals surface area contributed by atoms with Gasteiger partial charge in [-0.25, -0.2) is 0 Å². The van der Waals surface area contributed by atoms with Crippen LogP contribution in [0.5, 0.6) is 0 Å². The van der Waals surface area contributed by atoms with Crippen LogP contribution in [-0.2, 0) is 14.2 Å². The highest BCUT2D eigenvalue weighted by Gasteiger charge is 2.63. The van der Waals surface area contributed by atoms with Crippen molar-refractivity contribution in [2.45, 2.75) is 63.8 Å². The van der Waals surface area contributed by atoms with Crippen molar-refractivity contribution in [3.05, 3.63) is 0 Å². The van der Waals surface area contributed by atoms with Gasteiger partial charge in [-0.05, 0) is 56.3 Å². The van der Waals surface area contributed by atoms with E-state index in [-0.39, 0.29) is 12.2 Å². The maximum Gasteiger partial charge on any atom is 0.272 e. The van der Waals surface area contributed by atoms with Crippen molar-refractivity contribution in [3.63, 3.8) is 0 Å². The van der Waals surface area contributed by atoms with Crippen molar-refractivity contribution < 1.29 is 14.2 Å². The van der Waals surface area contributed by atoms with E-state index < -0.39 is 6.48 Å². The second-order valence-electron chi connectivity index (χ2n) is 6.53. The molecule has 4 heteroatoms. The molecule has 5 atom stereocenters. The Kier molecular flexibility index (Phi) is 2.54. The molecule has 2 bridgehead atoms. The largest absolute Gasteiger partial charge is 0.330 e. The van der Waals surface area contributed by atoms with E-state index in [1.165, 1.54) is 19.3 Å². The fourth-order valence-corrected chi connectivity index (χ4v) is 5.11. The quantitative estimate of drug-likeness (QED) is 0.812. The van der Waals surface area contributed by atoms with Gasteiger partial charge in [0.25, 0.3) is 6.48 Å². The molecule has 4 fully saturated rings. The molecular weight excluding hydrogens is 230 g/mol. The van der Waals surface area contributed by atoms with E-state index in [2.05, 4.69) is 0 Å². The van der Waals surface area contributed by atoms with Gasteiger partial charge in [0.2, 0.25) is 0 Å². The van der Waals surface area contributed by atoms with Gasteiger partial charge in [-0.3, -0.25) is 0 Å². The number of nitrogens with two attached hydrogens (primary N) is 1. The summed E-state index contributed by atoms with van der Waals surface area (Å²) in [6.07, 6.45) is 6.65. The van der Waals surface area contributed by atoms with Gasteiger partial charge in [-0.2, -0.15) is 0 Å². The topological polar surface area (TPSA) is 53.7 Å². The summed E-state index contributed by atoms with van der Waals surface area (Å²) in [5.74, 6) is 1.58. The Bertz CT molecular complexity index is 330. The average Bonchev–Trinajstić information content (AvgIpc) is 3.02. The first-order chi connectivity index (χ1) is 8.73. The van der Waals surface area contributed by atoms with E-state index in [9.17, 15) is 0 Å². The minimum absolute atomic E-state index is 0.215. The molecule has 3 aliphatic carbocycles. The molecule has 0 radical (unpaired) electrons. The monoisotopic (exact) mass is 253 g/mol. The molecule has 3 saturated carbocycles. The number of rotatable bonds is 2. The highest BCUT2D eigenvalue weighted by molar-refractivity contribution is 5.14. The van der Waals surface area contributed by atoms with Gasteiger partial charge in [0, 0.05) is 12.6 Å². The highest BCUT2D eigenvalue weighted by Crippen LogP contribution is 2.63. The number of hydrogen-bond acceptors (Lipinski definition) is 4. The molecule has 1 aliphatic heterocycles. The van der Waals surface area contributed by atoms with Gasteiger partial charge in [0.1, 0.15) is 0 Å². The van der Waals surface area contributed by atoms with E-state index in [4.69, 9.17) is 19.9 Å². The van der Waals surface area contributed by atoms with Gasteiger partial charge >= 0.3 is 0 Å². The Morgan fingerprint density at radius 2 is 1.94 bits per heavy atom. The Labute approximate surface area is 108 Å². The zero-order valence-electron chi connectivity index (χ0n) is 11.0. The van der Waals surface area contributed by atoms with Crippen molar-refractivity contribution >= 4 is 0 Å². The van der Waals surface area contributed by atoms with Gasteiger partial charge in [0.15, 0.2) is 0 Å². The second kappa shape index (κ2) is 3.92. The minimum Gasteiger partial charge on any atom is -0.330 e. The van der Waals surface area contributed by atoms with Crippen molar-refractivity contribution in [3.8, 4) is 0 Å². The van der Waals surface area contributed by atoms with Crippen LogP contribution in [0.1, 0.15) is 39.0 Å². The third kappa shape index (κ3) is 1.40. The number of fused-ring (bicyclic) bond motifs is 4. The predicted molar refractivity (Wildman–Crippen MR) is 65.6 cm³/mol. The molecule has 0 amide bonds. The maximum atomic E-state index is 6.51. The van der Waals surface area contributed by atoms with E-state index in [1.807, 2.05) is 6.92 Å². The summed E-state index contributed by atoms with van der Waals surface area (Å²) in [4.78, 5) is 0. The molecular formula is C14H23NO3. The lowest BCUT2D eigenvalue weighted by atomic mass is 9.69. The lowest BCUT2D eigenvalue weighted by Gasteiger charge is -2.40. The molecule has 0 aromatic rings. The molecule has 102 valence electrons. The number of ether oxygens (including phenoxy) is 3. The van der Waals surface area contributed by atoms with Crippen LogP contribution in [0, 0.1) is 17.3 Å². The fourth-order valence-electron chi connectivity index (χ4n) is 5.11. The summed E-state index contributed by atoms with van der Waals surface area (Å²) in [7, 11) is 0. The van der Waals surface area contributed by atoms with Crippen LogP contribution in [0.4, 0.5) is 0 Å². The summed E-state index contributed by atoms with van der Waals surface area (Å²) in [5, 5.41) is 0. The molecule has 1 heterocycles. The number of hydrogen-bond donors (Lipinski definition) is 1. The average molecular weight is 253 g/mol. The summed E-state index contributed by atoms with van der Waals surface area (Å²) < 4.78 is 17.1. The molecule has 4 aliphatic rings. The van der Waals surface area contributed by atoms with Crippen LogP contribution >= 0.6 is 0 Å². The second-order valence-corrected chi connectivity index (χ2v) is 6.53. The standard InChI is InChI=1S/C14H23NO3/c1-2-16-13-17-10-6-14(7-11(10)18-13)9-4-3-8(5-9)12(14)15/h8-13H,2-7,15H2,1H3/t8-,9+,10+,11+,12-,13?,14?/m1/s1. The summed E-state index contributed by atoms with van der Waals surface area (Å²) >= 11 is 0. The first kappa shape index (κ1) is 11.6. The van der Waals surface area contributed by atoms with Crippen LogP contribution in [0.3, 0.4) is 0 Å². The van der Waals surface area contributed by atoms with Gasteiger partial charge in [0.05, 0.1) is 12.2 Å². The van der Waals surface area contributed by atoms with Crippen molar-refractivity contribution in [1.29, 1.82) is 0 Å². The van der Waals surface area contributed by atoms with Crippen LogP contribution in [0.2, 0.25) is 0 Å². The molecule has 1 spiro atoms. The normalized spacial score (nSPS) is 49.3. The van der Waals surface area contributed by atoms with Gasteiger partial charge in [-0.15, -0.1) is 0 Å². The van der Waals surface area contributed by atoms with Gasteiger partial charge < -0.3 is 19.9 Å². The summed E-state index contributed by atoms with van der Waals surface area (Å²) in [5.41, 5.74) is 6.83. The van der Waals surface area contributed by atoms with E-state index in [0.717, 1.165) is 24.7 Å². The lowest BCUT2D eigenvalue weighted by molar-refractivity contribution is -0.247. The zero-order chi connectivity index (χ0) is 12.3. The molecule has 2 N–H and O–H groups in total. The van der Waals surface area contributed by atoms with Crippen LogP contribution in [-0.4, -0.2) is 31.3 Å². The van der Waals surface area contributed by atoms with Crippen LogP contribution < -0.4 is 5.73 Å². The molecule has 0 aromatic heterocycles. The first-order valence-electron chi connectivity index (χ1n) is 7.41. The van der Waals surface area contributed by atoms with Crippen LogP contribution in [0.25, 0.3) is 0 Å². The fraction of sp³-hybridized carbons (Fsp3) is 1.00. The Balaban J connectivity index is 1.50. The first-order valence-corrected chi connectivity index (χ1v) is 7.41. The smallest absolute Gasteiger partial charge is 0.272 e. The third-order valence-corrected chi connectivity index (χ3v) is 5.91. The van der Waals surface area contributed by atoms with Crippen molar-refractivity contribution in [1.82, 2.24) is 0 Å². The lowest BCUT2D eigenvalue weighted by Crippen LogP contribution is -2.45. The molecule has 0 unspecified atom stereocenters. The minimum atomic E-state index is -0.433. The SMILES string of the molecule is CCOC1O[C@H]2CC3(C[C@@H]2O1)[C@H]1CC[C@H](C1)[C@H]3N. The molecule has 1 saturated heterocycles. The molecule has 18 heavy (non-hydrogen) atoms. The van der Waals surface area contributed by atoms with Gasteiger partial charge in [-0.1, -0.05) is 0 Å². The Morgan fingerprint density at radius 1 is 1.22 bits per heavy atom. The maximum absolute atomic E-state index is 6.51. The summed E-state index contributed by atoms with van der Waals surface area (Å²) in [6.45, 7) is 2.17. The Hall–Kier alpha value is -0.160. The summed E-state index contributed by atoms with van der Waals surface area (Å²) in [6, 6.07) is 0.375. The van der Waals surface area contributed by atoms with E-state index >= 15 is 0 Å². The third-order valence-electron chi connectivity index (χ3n) is 5.91. The van der Waals surface area contributed by atoms with Crippen LogP contribution in [0.15, 0.2) is 0 Å². The molecule has 4 nitrogen and oxygen atoms in total. The zero-order valence-corrected chi connectivity index (χ0v) is 11.0. The molecule has 4 rings (SSSR count). The highest BCUT2D eigenvalue weighted by atomic mass is 16.9. The van der Waals surface area contributed by atoms with Crippen molar-refractivity contribution in [2.24, 2.45) is 23.0 Å².